The van der Waals surface area contributed by atoms with Crippen LogP contribution in [0.5, 0.6) is 0 Å². The monoisotopic (exact) mass is 466 g/mol. The third-order valence-electron chi connectivity index (χ3n) is 7.77. The lowest BCUT2D eigenvalue weighted by molar-refractivity contribution is -0.0106. The van der Waals surface area contributed by atoms with Gasteiger partial charge >= 0.3 is 0 Å². The van der Waals surface area contributed by atoms with E-state index in [0.29, 0.717) is 16.5 Å². The second-order valence-corrected chi connectivity index (χ2v) is 10.3. The van der Waals surface area contributed by atoms with Crippen molar-refractivity contribution in [1.82, 2.24) is 9.80 Å². The number of nitrogens with zero attached hydrogens (tertiary/aromatic N) is 2. The van der Waals surface area contributed by atoms with Crippen molar-refractivity contribution < 1.29 is 14.0 Å². The summed E-state index contributed by atoms with van der Waals surface area (Å²) >= 11 is 0. The van der Waals surface area contributed by atoms with Crippen LogP contribution in [0.2, 0.25) is 0 Å². The predicted octanol–water partition coefficient (Wildman–Crippen LogP) is 5.71. The number of allylic oxidation sites excluding steroid dienone is 1. The summed E-state index contributed by atoms with van der Waals surface area (Å²) in [5.74, 6) is -0.739. The van der Waals surface area contributed by atoms with Crippen molar-refractivity contribution in [3.8, 4) is 0 Å². The van der Waals surface area contributed by atoms with Crippen LogP contribution in [0.4, 0.5) is 4.39 Å². The van der Waals surface area contributed by atoms with Crippen molar-refractivity contribution in [2.45, 2.75) is 25.8 Å². The van der Waals surface area contributed by atoms with Crippen LogP contribution in [0.15, 0.2) is 78.4 Å². The number of amides is 2. The Morgan fingerprint density at radius 1 is 0.829 bits per heavy atom. The van der Waals surface area contributed by atoms with E-state index in [-0.39, 0.29) is 23.7 Å². The molecule has 2 heterocycles. The van der Waals surface area contributed by atoms with E-state index < -0.39 is 0 Å². The van der Waals surface area contributed by atoms with Crippen LogP contribution in [-0.4, -0.2) is 41.8 Å². The molecule has 1 spiro atoms. The lowest BCUT2D eigenvalue weighted by Gasteiger charge is -2.56. The molecule has 0 bridgehead atoms. The summed E-state index contributed by atoms with van der Waals surface area (Å²) in [6, 6.07) is 21.5. The number of carbonyl (C=O) groups excluding carboxylic acids is 2. The van der Waals surface area contributed by atoms with Crippen LogP contribution in [0.25, 0.3) is 5.57 Å². The number of likely N-dealkylation sites (tertiary alicyclic amines) is 1. The molecule has 2 aliphatic heterocycles. The lowest BCUT2D eigenvalue weighted by Crippen LogP contribution is -2.58. The highest BCUT2D eigenvalue weighted by Gasteiger charge is 2.49. The Bertz CT molecular complexity index is 1320. The fourth-order valence-corrected chi connectivity index (χ4v) is 6.18. The Morgan fingerprint density at radius 2 is 1.34 bits per heavy atom. The maximum Gasteiger partial charge on any atom is 0.262 e. The zero-order valence-corrected chi connectivity index (χ0v) is 19.9. The van der Waals surface area contributed by atoms with Crippen LogP contribution in [0, 0.1) is 11.2 Å². The molecule has 2 fully saturated rings. The molecule has 5 heteroatoms. The van der Waals surface area contributed by atoms with Crippen molar-refractivity contribution in [2.24, 2.45) is 5.41 Å². The van der Waals surface area contributed by atoms with Gasteiger partial charge in [-0.3, -0.25) is 14.5 Å². The van der Waals surface area contributed by atoms with Gasteiger partial charge in [-0.15, -0.1) is 0 Å². The summed E-state index contributed by atoms with van der Waals surface area (Å²) in [6.07, 6.45) is 2.13. The minimum atomic E-state index is -0.379. The first-order valence-corrected chi connectivity index (χ1v) is 12.1. The van der Waals surface area contributed by atoms with E-state index in [1.807, 2.05) is 31.2 Å². The third kappa shape index (κ3) is 3.53. The van der Waals surface area contributed by atoms with Crippen molar-refractivity contribution in [3.63, 3.8) is 0 Å². The Kier molecular flexibility index (Phi) is 5.01. The summed E-state index contributed by atoms with van der Waals surface area (Å²) in [6.45, 7) is 4.15. The average molecular weight is 467 g/mol. The first-order chi connectivity index (χ1) is 16.8. The van der Waals surface area contributed by atoms with Crippen molar-refractivity contribution in [2.75, 3.05) is 20.1 Å². The van der Waals surface area contributed by atoms with Crippen LogP contribution < -0.4 is 0 Å². The average Bonchev–Trinajstić information content (AvgIpc) is 3.08. The van der Waals surface area contributed by atoms with E-state index in [4.69, 9.17) is 0 Å². The van der Waals surface area contributed by atoms with Crippen molar-refractivity contribution in [3.05, 3.63) is 112 Å². The number of carbonyl (C=O) groups is 2. The third-order valence-corrected chi connectivity index (χ3v) is 7.77. The number of benzene rings is 3. The molecule has 1 saturated carbocycles. The molecule has 176 valence electrons. The minimum Gasteiger partial charge on any atom is -0.305 e. The molecule has 0 unspecified atom stereocenters. The molecule has 1 atom stereocenters. The first-order valence-electron chi connectivity index (χ1n) is 12.1. The van der Waals surface area contributed by atoms with Crippen molar-refractivity contribution >= 4 is 17.4 Å². The van der Waals surface area contributed by atoms with E-state index in [1.54, 1.807) is 24.3 Å². The van der Waals surface area contributed by atoms with E-state index in [9.17, 15) is 14.0 Å². The Morgan fingerprint density at radius 3 is 1.86 bits per heavy atom. The van der Waals surface area contributed by atoms with E-state index in [0.717, 1.165) is 42.6 Å². The largest absolute Gasteiger partial charge is 0.305 e. The summed E-state index contributed by atoms with van der Waals surface area (Å²) in [5, 5.41) is 0. The van der Waals surface area contributed by atoms with E-state index in [2.05, 4.69) is 24.1 Å². The highest BCUT2D eigenvalue weighted by Crippen LogP contribution is 2.54. The molecule has 3 aromatic carbocycles. The fraction of sp³-hybridized carbons (Fsp3) is 0.267. The quantitative estimate of drug-likeness (QED) is 0.463. The van der Waals surface area contributed by atoms with Gasteiger partial charge in [0.25, 0.3) is 11.8 Å². The Hall–Kier alpha value is -3.57. The number of fused-ring (bicyclic) bond motifs is 1. The van der Waals surface area contributed by atoms with Crippen molar-refractivity contribution in [1.29, 1.82) is 0 Å². The van der Waals surface area contributed by atoms with Gasteiger partial charge in [-0.25, -0.2) is 4.39 Å². The van der Waals surface area contributed by atoms with Gasteiger partial charge < -0.3 is 4.90 Å². The highest BCUT2D eigenvalue weighted by molar-refractivity contribution is 6.21. The number of imide groups is 1. The normalized spacial score (nSPS) is 19.4. The lowest BCUT2D eigenvalue weighted by atomic mass is 9.59. The van der Waals surface area contributed by atoms with Gasteiger partial charge in [-0.2, -0.15) is 0 Å². The number of halogens is 1. The van der Waals surface area contributed by atoms with Crippen LogP contribution in [-0.2, 0) is 0 Å². The van der Waals surface area contributed by atoms with Gasteiger partial charge in [0.15, 0.2) is 0 Å². The zero-order valence-electron chi connectivity index (χ0n) is 19.9. The second-order valence-electron chi connectivity index (χ2n) is 10.3. The number of rotatable bonds is 4. The molecule has 35 heavy (non-hydrogen) atoms. The fourth-order valence-electron chi connectivity index (χ4n) is 6.18. The molecular weight excluding hydrogens is 439 g/mol. The van der Waals surface area contributed by atoms with E-state index in [1.165, 1.54) is 28.2 Å². The van der Waals surface area contributed by atoms with Gasteiger partial charge in [-0.05, 0) is 73.3 Å². The standard InChI is InChI=1S/C30H27FN2O2/c1-19(33-28(34)25-5-3-4-6-26(25)29(33)35)20-7-9-21(10-8-20)27(22-11-13-24(31)14-12-22)23-15-30(16-23)17-32(2)18-30/h3-14,19H,15-18H2,1-2H3/t19-/m1/s1. The molecular formula is C30H27FN2O2. The zero-order chi connectivity index (χ0) is 24.3. The van der Waals surface area contributed by atoms with Gasteiger partial charge in [-0.1, -0.05) is 54.1 Å². The highest BCUT2D eigenvalue weighted by atomic mass is 19.1. The number of hydrogen-bond acceptors (Lipinski definition) is 3. The topological polar surface area (TPSA) is 40.6 Å². The summed E-state index contributed by atoms with van der Waals surface area (Å²) < 4.78 is 13.6. The van der Waals surface area contributed by atoms with Gasteiger partial charge in [0.2, 0.25) is 0 Å². The number of hydrogen-bond donors (Lipinski definition) is 0. The van der Waals surface area contributed by atoms with Gasteiger partial charge in [0.1, 0.15) is 5.82 Å². The Balaban J connectivity index is 1.30. The summed E-state index contributed by atoms with van der Waals surface area (Å²) in [7, 11) is 2.15. The molecule has 3 aliphatic rings. The van der Waals surface area contributed by atoms with Crippen LogP contribution >= 0.6 is 0 Å². The minimum absolute atomic E-state index is 0.242. The van der Waals surface area contributed by atoms with Crippen LogP contribution in [0.3, 0.4) is 0 Å². The second kappa shape index (κ2) is 7.99. The molecule has 2 amide bonds. The predicted molar refractivity (Wildman–Crippen MR) is 133 cm³/mol. The first kappa shape index (κ1) is 21.9. The molecule has 1 saturated heterocycles. The molecule has 0 aromatic heterocycles. The Labute approximate surface area is 204 Å². The van der Waals surface area contributed by atoms with Gasteiger partial charge in [0, 0.05) is 18.5 Å². The van der Waals surface area contributed by atoms with Crippen LogP contribution in [0.1, 0.15) is 63.2 Å². The summed E-state index contributed by atoms with van der Waals surface area (Å²) in [4.78, 5) is 29.6. The maximum atomic E-state index is 13.6. The van der Waals surface area contributed by atoms with Gasteiger partial charge in [0.05, 0.1) is 17.2 Å². The molecule has 0 N–H and O–H groups in total. The SMILES string of the molecule is C[C@H](c1ccc(C(=C2CC3(C2)CN(C)C3)c2ccc(F)cc2)cc1)N1C(=O)c2ccccc2C1=O. The van der Waals surface area contributed by atoms with E-state index >= 15 is 0 Å². The molecule has 4 nitrogen and oxygen atoms in total. The molecule has 1 aliphatic carbocycles. The molecule has 3 aromatic rings. The molecule has 0 radical (unpaired) electrons. The molecule has 6 rings (SSSR count). The summed E-state index contributed by atoms with van der Waals surface area (Å²) in [5.41, 5.74) is 6.90. The maximum absolute atomic E-state index is 13.6. The smallest absolute Gasteiger partial charge is 0.262 e.